The van der Waals surface area contributed by atoms with E-state index < -0.39 is 0 Å². The third-order valence-electron chi connectivity index (χ3n) is 5.07. The Bertz CT molecular complexity index is 751. The molecule has 6 nitrogen and oxygen atoms in total. The highest BCUT2D eigenvalue weighted by molar-refractivity contribution is 5.53. The fraction of sp³-hybridized carbons (Fsp3) is 0.500. The highest BCUT2D eigenvalue weighted by atomic mass is 16.5. The van der Waals surface area contributed by atoms with E-state index in [0.29, 0.717) is 17.5 Å². The van der Waals surface area contributed by atoms with Crippen LogP contribution in [-0.4, -0.2) is 38.3 Å². The van der Waals surface area contributed by atoms with Gasteiger partial charge in [-0.3, -0.25) is 0 Å². The molecule has 0 saturated carbocycles. The van der Waals surface area contributed by atoms with Crippen molar-refractivity contribution in [3.05, 3.63) is 35.9 Å². The van der Waals surface area contributed by atoms with Crippen molar-refractivity contribution in [2.75, 3.05) is 43.1 Å². The molecule has 0 atom stereocenters. The molecule has 2 heterocycles. The lowest BCUT2D eigenvalue weighted by atomic mass is 10.0. The van der Waals surface area contributed by atoms with E-state index in [2.05, 4.69) is 46.8 Å². The number of anilines is 2. The Morgan fingerprint density at radius 3 is 2.27 bits per heavy atom. The predicted octanol–water partition coefficient (Wildman–Crippen LogP) is 3.79. The van der Waals surface area contributed by atoms with Crippen molar-refractivity contribution < 1.29 is 9.15 Å². The molecule has 0 bridgehead atoms. The average molecular weight is 354 g/mol. The Balaban J connectivity index is 1.70. The van der Waals surface area contributed by atoms with Crippen LogP contribution in [0.4, 0.5) is 11.6 Å². The molecule has 6 heteroatoms. The van der Waals surface area contributed by atoms with E-state index in [1.165, 1.54) is 5.69 Å². The maximum atomic E-state index is 9.45. The van der Waals surface area contributed by atoms with Crippen molar-refractivity contribution >= 4 is 11.6 Å². The molecule has 1 aliphatic heterocycles. The number of rotatable bonds is 6. The highest BCUT2D eigenvalue weighted by Gasteiger charge is 2.26. The summed E-state index contributed by atoms with van der Waals surface area (Å²) in [5.41, 5.74) is 1.59. The Morgan fingerprint density at radius 1 is 1.12 bits per heavy atom. The molecule has 0 amide bonds. The van der Waals surface area contributed by atoms with Crippen LogP contribution in [0.15, 0.2) is 28.7 Å². The van der Waals surface area contributed by atoms with Gasteiger partial charge < -0.3 is 19.0 Å². The molecule has 3 rings (SSSR count). The van der Waals surface area contributed by atoms with E-state index in [1.807, 2.05) is 12.1 Å². The van der Waals surface area contributed by atoms with Gasteiger partial charge in [0.25, 0.3) is 0 Å². The minimum atomic E-state index is 0.274. The number of methoxy groups -OCH3 is 1. The fourth-order valence-electron chi connectivity index (χ4n) is 3.39. The first-order valence-corrected chi connectivity index (χ1v) is 9.24. The largest absolute Gasteiger partial charge is 0.497 e. The van der Waals surface area contributed by atoms with Crippen molar-refractivity contribution in [3.8, 4) is 11.8 Å². The van der Waals surface area contributed by atoms with Crippen molar-refractivity contribution in [3.63, 3.8) is 0 Å². The first kappa shape index (κ1) is 18.1. The standard InChI is InChI=1S/C20H26N4O2/c1-4-15(5-2)19-22-18(14-21)20(26-19)24-12-10-23(11-13-24)16-6-8-17(25-3)9-7-16/h6-9,15H,4-5,10-13H2,1-3H3. The zero-order chi connectivity index (χ0) is 18.5. The molecule has 1 aromatic carbocycles. The molecule has 0 radical (unpaired) electrons. The van der Waals surface area contributed by atoms with Crippen LogP contribution in [0.5, 0.6) is 5.75 Å². The van der Waals surface area contributed by atoms with Gasteiger partial charge in [0, 0.05) is 37.8 Å². The monoisotopic (exact) mass is 354 g/mol. The third kappa shape index (κ3) is 3.62. The molecular formula is C20H26N4O2. The predicted molar refractivity (Wildman–Crippen MR) is 102 cm³/mol. The zero-order valence-electron chi connectivity index (χ0n) is 15.7. The first-order valence-electron chi connectivity index (χ1n) is 9.24. The molecule has 1 saturated heterocycles. The molecule has 138 valence electrons. The van der Waals surface area contributed by atoms with Crippen molar-refractivity contribution in [2.45, 2.75) is 32.6 Å². The Morgan fingerprint density at radius 2 is 1.73 bits per heavy atom. The number of benzene rings is 1. The van der Waals surface area contributed by atoms with Crippen LogP contribution < -0.4 is 14.5 Å². The summed E-state index contributed by atoms with van der Waals surface area (Å²) in [4.78, 5) is 8.92. The van der Waals surface area contributed by atoms with Crippen LogP contribution in [0.1, 0.15) is 44.2 Å². The minimum absolute atomic E-state index is 0.274. The maximum absolute atomic E-state index is 9.45. The molecule has 0 unspecified atom stereocenters. The minimum Gasteiger partial charge on any atom is -0.497 e. The van der Waals surface area contributed by atoms with E-state index >= 15 is 0 Å². The summed E-state index contributed by atoms with van der Waals surface area (Å²) in [6, 6.07) is 10.3. The number of nitrogens with zero attached hydrogens (tertiary/aromatic N) is 4. The summed E-state index contributed by atoms with van der Waals surface area (Å²) >= 11 is 0. The third-order valence-corrected chi connectivity index (χ3v) is 5.07. The number of piperazine rings is 1. The number of hydrogen-bond donors (Lipinski definition) is 0. The van der Waals surface area contributed by atoms with Gasteiger partial charge >= 0.3 is 0 Å². The van der Waals surface area contributed by atoms with Crippen LogP contribution in [0.3, 0.4) is 0 Å². The van der Waals surface area contributed by atoms with Crippen molar-refractivity contribution in [1.82, 2.24) is 4.98 Å². The Hall–Kier alpha value is -2.68. The summed E-state index contributed by atoms with van der Waals surface area (Å²) in [5, 5.41) is 9.45. The van der Waals surface area contributed by atoms with E-state index in [9.17, 15) is 5.26 Å². The Labute approximate surface area is 155 Å². The first-order chi connectivity index (χ1) is 12.7. The van der Waals surface area contributed by atoms with Gasteiger partial charge in [-0.2, -0.15) is 5.26 Å². The SMILES string of the molecule is CCC(CC)c1nc(C#N)c(N2CCN(c3ccc(OC)cc3)CC2)o1. The van der Waals surface area contributed by atoms with E-state index in [0.717, 1.165) is 44.8 Å². The number of ether oxygens (including phenoxy) is 1. The summed E-state index contributed by atoms with van der Waals surface area (Å²) in [5.74, 6) is 2.46. The fourth-order valence-corrected chi connectivity index (χ4v) is 3.39. The molecule has 0 aliphatic carbocycles. The molecule has 1 aromatic heterocycles. The summed E-state index contributed by atoms with van der Waals surface area (Å²) < 4.78 is 11.2. The van der Waals surface area contributed by atoms with Gasteiger partial charge in [-0.1, -0.05) is 13.8 Å². The van der Waals surface area contributed by atoms with Crippen LogP contribution in [0.25, 0.3) is 0 Å². The van der Waals surface area contributed by atoms with Gasteiger partial charge in [-0.15, -0.1) is 0 Å². The number of hydrogen-bond acceptors (Lipinski definition) is 6. The summed E-state index contributed by atoms with van der Waals surface area (Å²) in [6.45, 7) is 7.60. The molecule has 0 N–H and O–H groups in total. The van der Waals surface area contributed by atoms with E-state index in [1.54, 1.807) is 7.11 Å². The molecule has 0 spiro atoms. The lowest BCUT2D eigenvalue weighted by Crippen LogP contribution is -2.46. The topological polar surface area (TPSA) is 65.5 Å². The van der Waals surface area contributed by atoms with Crippen LogP contribution in [-0.2, 0) is 0 Å². The highest BCUT2D eigenvalue weighted by Crippen LogP contribution is 2.30. The van der Waals surface area contributed by atoms with Crippen molar-refractivity contribution in [1.29, 1.82) is 5.26 Å². The van der Waals surface area contributed by atoms with Crippen molar-refractivity contribution in [2.24, 2.45) is 0 Å². The number of aromatic nitrogens is 1. The lowest BCUT2D eigenvalue weighted by Gasteiger charge is -2.36. The van der Waals surface area contributed by atoms with Crippen LogP contribution in [0, 0.1) is 11.3 Å². The molecule has 2 aromatic rings. The Kier molecular flexibility index (Phi) is 5.67. The smallest absolute Gasteiger partial charge is 0.234 e. The summed E-state index contributed by atoms with van der Waals surface area (Å²) in [6.07, 6.45) is 1.93. The normalized spacial score (nSPS) is 14.6. The quantitative estimate of drug-likeness (QED) is 0.786. The van der Waals surface area contributed by atoms with Gasteiger partial charge in [0.1, 0.15) is 11.8 Å². The number of nitriles is 1. The van der Waals surface area contributed by atoms with Crippen LogP contribution >= 0.6 is 0 Å². The van der Waals surface area contributed by atoms with E-state index in [4.69, 9.17) is 9.15 Å². The van der Waals surface area contributed by atoms with Gasteiger partial charge in [-0.25, -0.2) is 4.98 Å². The van der Waals surface area contributed by atoms with E-state index in [-0.39, 0.29) is 5.92 Å². The van der Waals surface area contributed by atoms with Crippen LogP contribution in [0.2, 0.25) is 0 Å². The van der Waals surface area contributed by atoms with Gasteiger partial charge in [0.15, 0.2) is 0 Å². The summed E-state index contributed by atoms with van der Waals surface area (Å²) in [7, 11) is 1.67. The van der Waals surface area contributed by atoms with Gasteiger partial charge in [0.05, 0.1) is 7.11 Å². The lowest BCUT2D eigenvalue weighted by molar-refractivity contribution is 0.414. The maximum Gasteiger partial charge on any atom is 0.234 e. The molecular weight excluding hydrogens is 328 g/mol. The second-order valence-corrected chi connectivity index (χ2v) is 6.50. The zero-order valence-corrected chi connectivity index (χ0v) is 15.7. The second-order valence-electron chi connectivity index (χ2n) is 6.50. The number of oxazole rings is 1. The average Bonchev–Trinajstić information content (AvgIpc) is 3.13. The van der Waals surface area contributed by atoms with Gasteiger partial charge in [-0.05, 0) is 37.1 Å². The molecule has 1 aliphatic rings. The molecule has 1 fully saturated rings. The van der Waals surface area contributed by atoms with Gasteiger partial charge in [0.2, 0.25) is 17.5 Å². The molecule has 26 heavy (non-hydrogen) atoms. The second kappa shape index (κ2) is 8.13.